The van der Waals surface area contributed by atoms with Gasteiger partial charge in [0.1, 0.15) is 0 Å². The topological polar surface area (TPSA) is 40.5 Å². The first kappa shape index (κ1) is 12.0. The van der Waals surface area contributed by atoms with Crippen molar-refractivity contribution in [3.8, 4) is 0 Å². The van der Waals surface area contributed by atoms with Crippen molar-refractivity contribution in [1.29, 1.82) is 0 Å². The largest absolute Gasteiger partial charge is 0.350 e. The molecule has 2 N–H and O–H groups in total. The van der Waals surface area contributed by atoms with Crippen molar-refractivity contribution in [3.63, 3.8) is 0 Å². The Morgan fingerprint density at radius 2 is 2.00 bits per heavy atom. The molecule has 0 aliphatic carbocycles. The standard InChI is InChI=1S/C12H15O2PS/c1-8(2)12-6-10-5-9(7-15(13)14)3-4-11(10)16-12/h3-6,8,13-14H,7H2,1-2H3. The van der Waals surface area contributed by atoms with Crippen molar-refractivity contribution < 1.29 is 9.79 Å². The van der Waals surface area contributed by atoms with Crippen LogP contribution in [0, 0.1) is 0 Å². The summed E-state index contributed by atoms with van der Waals surface area (Å²) in [5.74, 6) is 0.550. The van der Waals surface area contributed by atoms with E-state index in [0.29, 0.717) is 12.1 Å². The Labute approximate surface area is 100 Å². The average Bonchev–Trinajstić information content (AvgIpc) is 2.59. The van der Waals surface area contributed by atoms with E-state index < -0.39 is 8.38 Å². The Kier molecular flexibility index (Phi) is 3.60. The Hall–Kier alpha value is -0.470. The quantitative estimate of drug-likeness (QED) is 0.817. The summed E-state index contributed by atoms with van der Waals surface area (Å²) < 4.78 is 1.27. The van der Waals surface area contributed by atoms with Crippen molar-refractivity contribution >= 4 is 29.8 Å². The molecule has 1 aromatic heterocycles. The molecule has 0 unspecified atom stereocenters. The fourth-order valence-electron chi connectivity index (χ4n) is 1.66. The fourth-order valence-corrected chi connectivity index (χ4v) is 3.23. The van der Waals surface area contributed by atoms with E-state index in [1.54, 1.807) is 0 Å². The van der Waals surface area contributed by atoms with Crippen molar-refractivity contribution in [2.24, 2.45) is 0 Å². The second-order valence-electron chi connectivity index (χ2n) is 4.21. The molecular weight excluding hydrogens is 239 g/mol. The molecule has 0 fully saturated rings. The van der Waals surface area contributed by atoms with Crippen molar-refractivity contribution in [2.45, 2.75) is 25.9 Å². The van der Waals surface area contributed by atoms with Crippen LogP contribution in [0.5, 0.6) is 0 Å². The summed E-state index contributed by atoms with van der Waals surface area (Å²) in [5.41, 5.74) is 0.997. The van der Waals surface area contributed by atoms with Gasteiger partial charge in [-0.1, -0.05) is 19.9 Å². The summed E-state index contributed by atoms with van der Waals surface area (Å²) >= 11 is 1.81. The molecule has 0 saturated heterocycles. The number of thiophene rings is 1. The Morgan fingerprint density at radius 1 is 1.25 bits per heavy atom. The van der Waals surface area contributed by atoms with Crippen LogP contribution in [0.2, 0.25) is 0 Å². The monoisotopic (exact) mass is 254 g/mol. The van der Waals surface area contributed by atoms with Crippen LogP contribution in [0.1, 0.15) is 30.2 Å². The highest BCUT2D eigenvalue weighted by Crippen LogP contribution is 2.34. The second-order valence-corrected chi connectivity index (χ2v) is 6.38. The van der Waals surface area contributed by atoms with Crippen molar-refractivity contribution in [1.82, 2.24) is 0 Å². The molecule has 2 rings (SSSR count). The minimum atomic E-state index is -1.83. The summed E-state index contributed by atoms with van der Waals surface area (Å²) in [4.78, 5) is 19.4. The van der Waals surface area contributed by atoms with Crippen LogP contribution >= 0.6 is 19.7 Å². The van der Waals surface area contributed by atoms with E-state index in [4.69, 9.17) is 9.79 Å². The molecule has 0 atom stereocenters. The van der Waals surface area contributed by atoms with Gasteiger partial charge in [0.15, 0.2) is 8.38 Å². The molecule has 1 heterocycles. The van der Waals surface area contributed by atoms with Crippen LogP contribution < -0.4 is 0 Å². The van der Waals surface area contributed by atoms with Crippen LogP contribution in [0.3, 0.4) is 0 Å². The van der Waals surface area contributed by atoms with Crippen LogP contribution in [0.15, 0.2) is 24.3 Å². The zero-order chi connectivity index (χ0) is 11.7. The second kappa shape index (κ2) is 4.80. The molecule has 16 heavy (non-hydrogen) atoms. The van der Waals surface area contributed by atoms with Gasteiger partial charge >= 0.3 is 0 Å². The summed E-state index contributed by atoms with van der Waals surface area (Å²) in [7, 11) is -1.83. The smallest absolute Gasteiger partial charge is 0.169 e. The highest BCUT2D eigenvalue weighted by Gasteiger charge is 2.07. The van der Waals surface area contributed by atoms with Gasteiger partial charge < -0.3 is 9.79 Å². The minimum Gasteiger partial charge on any atom is -0.350 e. The normalized spacial score (nSPS) is 11.9. The summed E-state index contributed by atoms with van der Waals surface area (Å²) in [6.07, 6.45) is 0.359. The van der Waals surface area contributed by atoms with Gasteiger partial charge in [-0.25, -0.2) is 0 Å². The van der Waals surface area contributed by atoms with E-state index in [2.05, 4.69) is 32.0 Å². The van der Waals surface area contributed by atoms with Gasteiger partial charge in [-0.15, -0.1) is 11.3 Å². The van der Waals surface area contributed by atoms with E-state index in [1.165, 1.54) is 15.0 Å². The SMILES string of the molecule is CC(C)c1cc2cc(CP(O)O)ccc2s1. The third-order valence-corrected chi connectivity index (χ3v) is 4.56. The van der Waals surface area contributed by atoms with E-state index in [1.807, 2.05) is 17.4 Å². The Balaban J connectivity index is 2.38. The molecule has 0 radical (unpaired) electrons. The van der Waals surface area contributed by atoms with E-state index in [0.717, 1.165) is 5.56 Å². The van der Waals surface area contributed by atoms with E-state index in [-0.39, 0.29) is 0 Å². The molecule has 0 amide bonds. The zero-order valence-corrected chi connectivity index (χ0v) is 11.1. The predicted octanol–water partition coefficient (Wildman–Crippen LogP) is 3.82. The fraction of sp³-hybridized carbons (Fsp3) is 0.333. The number of hydrogen-bond acceptors (Lipinski definition) is 3. The molecule has 86 valence electrons. The molecule has 0 bridgehead atoms. The maximum atomic E-state index is 8.99. The van der Waals surface area contributed by atoms with Crippen LogP contribution in [-0.4, -0.2) is 9.79 Å². The van der Waals surface area contributed by atoms with Crippen molar-refractivity contribution in [2.75, 3.05) is 0 Å². The molecule has 0 spiro atoms. The molecular formula is C12H15O2PS. The molecule has 2 aromatic rings. The first-order chi connectivity index (χ1) is 7.56. The number of hydrogen-bond donors (Lipinski definition) is 2. The van der Waals surface area contributed by atoms with Crippen LogP contribution in [0.25, 0.3) is 10.1 Å². The van der Waals surface area contributed by atoms with Gasteiger partial charge in [-0.05, 0) is 35.1 Å². The van der Waals surface area contributed by atoms with Gasteiger partial charge in [0, 0.05) is 15.7 Å². The molecule has 4 heteroatoms. The Bertz CT molecular complexity index is 491. The summed E-state index contributed by atoms with van der Waals surface area (Å²) in [6, 6.07) is 8.30. The maximum absolute atomic E-state index is 8.99. The zero-order valence-electron chi connectivity index (χ0n) is 9.34. The Morgan fingerprint density at radius 3 is 2.62 bits per heavy atom. The molecule has 0 aliphatic rings. The lowest BCUT2D eigenvalue weighted by Crippen LogP contribution is -1.81. The van der Waals surface area contributed by atoms with Gasteiger partial charge in [0.05, 0.1) is 0 Å². The highest BCUT2D eigenvalue weighted by atomic mass is 32.1. The third-order valence-electron chi connectivity index (χ3n) is 2.49. The lowest BCUT2D eigenvalue weighted by atomic mass is 10.1. The van der Waals surface area contributed by atoms with Gasteiger partial charge in [-0.3, -0.25) is 0 Å². The van der Waals surface area contributed by atoms with E-state index in [9.17, 15) is 0 Å². The first-order valence-electron chi connectivity index (χ1n) is 5.24. The molecule has 0 aliphatic heterocycles. The maximum Gasteiger partial charge on any atom is 0.169 e. The van der Waals surface area contributed by atoms with Gasteiger partial charge in [0.25, 0.3) is 0 Å². The molecule has 1 aromatic carbocycles. The molecule has 2 nitrogen and oxygen atoms in total. The predicted molar refractivity (Wildman–Crippen MR) is 71.0 cm³/mol. The molecule has 0 saturated carbocycles. The third kappa shape index (κ3) is 2.61. The van der Waals surface area contributed by atoms with Gasteiger partial charge in [0.2, 0.25) is 0 Å². The lowest BCUT2D eigenvalue weighted by molar-refractivity contribution is 0.481. The lowest BCUT2D eigenvalue weighted by Gasteiger charge is -2.01. The van der Waals surface area contributed by atoms with Crippen LogP contribution in [0.4, 0.5) is 0 Å². The highest BCUT2D eigenvalue weighted by molar-refractivity contribution is 7.44. The number of benzene rings is 1. The summed E-state index contributed by atoms with van der Waals surface area (Å²) in [6.45, 7) is 4.37. The van der Waals surface area contributed by atoms with Crippen LogP contribution in [-0.2, 0) is 6.16 Å². The first-order valence-corrected chi connectivity index (χ1v) is 7.49. The van der Waals surface area contributed by atoms with Crippen molar-refractivity contribution in [3.05, 3.63) is 34.7 Å². The van der Waals surface area contributed by atoms with E-state index >= 15 is 0 Å². The average molecular weight is 254 g/mol. The summed E-state index contributed by atoms with van der Waals surface area (Å²) in [5, 5.41) is 1.21. The minimum absolute atomic E-state index is 0.359. The number of rotatable bonds is 3. The number of fused-ring (bicyclic) bond motifs is 1. The van der Waals surface area contributed by atoms with Gasteiger partial charge in [-0.2, -0.15) is 0 Å².